The smallest absolute Gasteiger partial charge is 0.302 e. The molecule has 0 spiro atoms. The number of nitrogens with one attached hydrogen (secondary N) is 1. The first kappa shape index (κ1) is 14.8. The second-order valence-electron chi connectivity index (χ2n) is 4.23. The number of esters is 1. The Morgan fingerprint density at radius 1 is 1.32 bits per heavy atom. The zero-order valence-corrected chi connectivity index (χ0v) is 11.1. The van der Waals surface area contributed by atoms with E-state index in [9.17, 15) is 9.59 Å². The number of carbonyl (C=O) groups excluding carboxylic acids is 2. The Morgan fingerprint density at radius 3 is 2.53 bits per heavy atom. The van der Waals surface area contributed by atoms with Gasteiger partial charge in [-0.15, -0.1) is 0 Å². The van der Waals surface area contributed by atoms with E-state index in [1.807, 2.05) is 30.3 Å². The highest BCUT2D eigenvalue weighted by molar-refractivity contribution is 6.44. The van der Waals surface area contributed by atoms with E-state index in [0.29, 0.717) is 0 Å². The molecule has 0 amide bonds. The number of ether oxygens (including phenoxy) is 1. The summed E-state index contributed by atoms with van der Waals surface area (Å²) >= 11 is 0. The Morgan fingerprint density at radius 2 is 1.95 bits per heavy atom. The van der Waals surface area contributed by atoms with Crippen molar-refractivity contribution >= 4 is 23.5 Å². The van der Waals surface area contributed by atoms with Crippen LogP contribution in [0.15, 0.2) is 36.4 Å². The lowest BCUT2D eigenvalue weighted by Gasteiger charge is -2.09. The normalized spacial score (nSPS) is 12.1. The van der Waals surface area contributed by atoms with E-state index >= 15 is 0 Å². The molecule has 1 N–H and O–H groups in total. The van der Waals surface area contributed by atoms with Crippen LogP contribution in [0.2, 0.25) is 0 Å². The van der Waals surface area contributed by atoms with Gasteiger partial charge < -0.3 is 4.74 Å². The first-order valence-corrected chi connectivity index (χ1v) is 6.00. The Hall–Kier alpha value is -2.23. The van der Waals surface area contributed by atoms with Crippen LogP contribution in [0.4, 0.5) is 0 Å². The summed E-state index contributed by atoms with van der Waals surface area (Å²) in [7, 11) is 0. The van der Waals surface area contributed by atoms with Gasteiger partial charge in [0, 0.05) is 6.92 Å². The molecule has 4 heteroatoms. The maximum absolute atomic E-state index is 11.8. The summed E-state index contributed by atoms with van der Waals surface area (Å²) in [5.41, 5.74) is 0.830. The van der Waals surface area contributed by atoms with E-state index in [0.717, 1.165) is 5.56 Å². The van der Waals surface area contributed by atoms with Crippen molar-refractivity contribution in [2.24, 2.45) is 5.92 Å². The molecule has 0 saturated heterocycles. The van der Waals surface area contributed by atoms with Crippen LogP contribution in [0.3, 0.4) is 0 Å². The molecule has 19 heavy (non-hydrogen) atoms. The Labute approximate surface area is 112 Å². The van der Waals surface area contributed by atoms with Crippen molar-refractivity contribution in [3.05, 3.63) is 42.0 Å². The fourth-order valence-electron chi connectivity index (χ4n) is 1.41. The van der Waals surface area contributed by atoms with Gasteiger partial charge in [0.1, 0.15) is 6.61 Å². The Balaban J connectivity index is 2.55. The van der Waals surface area contributed by atoms with Crippen LogP contribution in [0.1, 0.15) is 19.4 Å². The van der Waals surface area contributed by atoms with E-state index in [1.54, 1.807) is 13.0 Å². The van der Waals surface area contributed by atoms with Crippen LogP contribution in [0.5, 0.6) is 0 Å². The number of rotatable bonds is 6. The molecule has 1 atom stereocenters. The fraction of sp³-hybridized carbons (Fsp3) is 0.267. The molecule has 0 aliphatic heterocycles. The number of hydrogen-bond donors (Lipinski definition) is 1. The van der Waals surface area contributed by atoms with Gasteiger partial charge in [0.15, 0.2) is 5.78 Å². The third-order valence-corrected chi connectivity index (χ3v) is 2.49. The molecule has 0 saturated carbocycles. The topological polar surface area (TPSA) is 67.2 Å². The lowest BCUT2D eigenvalue weighted by atomic mass is 10.0. The number of hydrogen-bond acceptors (Lipinski definition) is 4. The number of ketones is 1. The summed E-state index contributed by atoms with van der Waals surface area (Å²) in [5.74, 6) is -1.27. The lowest BCUT2D eigenvalue weighted by molar-refractivity contribution is -0.142. The molecule has 1 aromatic rings. The molecule has 0 heterocycles. The van der Waals surface area contributed by atoms with E-state index in [1.165, 1.54) is 13.0 Å². The van der Waals surface area contributed by atoms with Gasteiger partial charge in [0.05, 0.1) is 11.6 Å². The molecule has 1 aromatic carbocycles. The maximum atomic E-state index is 11.8. The second-order valence-corrected chi connectivity index (χ2v) is 4.23. The third-order valence-electron chi connectivity index (χ3n) is 2.49. The van der Waals surface area contributed by atoms with Gasteiger partial charge in [0.25, 0.3) is 0 Å². The van der Waals surface area contributed by atoms with E-state index in [2.05, 4.69) is 0 Å². The molecule has 0 bridgehead atoms. The van der Waals surface area contributed by atoms with Crippen LogP contribution < -0.4 is 0 Å². The molecule has 0 aromatic heterocycles. The Bertz CT molecular complexity index is 491. The van der Waals surface area contributed by atoms with Crippen LogP contribution in [0, 0.1) is 11.3 Å². The molecule has 0 fully saturated rings. The van der Waals surface area contributed by atoms with Crippen molar-refractivity contribution in [2.45, 2.75) is 13.8 Å². The van der Waals surface area contributed by atoms with Gasteiger partial charge >= 0.3 is 5.97 Å². The van der Waals surface area contributed by atoms with Crippen LogP contribution in [-0.2, 0) is 14.3 Å². The minimum absolute atomic E-state index is 0.00965. The number of allylic oxidation sites excluding steroid dienone is 1. The second kappa shape index (κ2) is 7.26. The minimum Gasteiger partial charge on any atom is -0.465 e. The van der Waals surface area contributed by atoms with Crippen molar-refractivity contribution < 1.29 is 14.3 Å². The monoisotopic (exact) mass is 259 g/mol. The van der Waals surface area contributed by atoms with Gasteiger partial charge in [-0.3, -0.25) is 15.0 Å². The van der Waals surface area contributed by atoms with E-state index in [4.69, 9.17) is 10.1 Å². The van der Waals surface area contributed by atoms with E-state index in [-0.39, 0.29) is 18.1 Å². The summed E-state index contributed by atoms with van der Waals surface area (Å²) in [6.07, 6.45) is 3.17. The van der Waals surface area contributed by atoms with Gasteiger partial charge in [0.2, 0.25) is 0 Å². The average molecular weight is 259 g/mol. The largest absolute Gasteiger partial charge is 0.465 e. The summed E-state index contributed by atoms with van der Waals surface area (Å²) in [4.78, 5) is 22.5. The van der Waals surface area contributed by atoms with Crippen molar-refractivity contribution in [3.8, 4) is 0 Å². The maximum Gasteiger partial charge on any atom is 0.302 e. The van der Waals surface area contributed by atoms with Gasteiger partial charge in [-0.25, -0.2) is 0 Å². The fourth-order valence-corrected chi connectivity index (χ4v) is 1.41. The van der Waals surface area contributed by atoms with Crippen LogP contribution >= 0.6 is 0 Å². The van der Waals surface area contributed by atoms with Gasteiger partial charge in [-0.2, -0.15) is 0 Å². The minimum atomic E-state index is -0.503. The highest BCUT2D eigenvalue weighted by Gasteiger charge is 2.17. The van der Waals surface area contributed by atoms with Gasteiger partial charge in [-0.05, 0) is 11.6 Å². The first-order valence-electron chi connectivity index (χ1n) is 6.00. The van der Waals surface area contributed by atoms with Crippen molar-refractivity contribution in [1.29, 1.82) is 5.41 Å². The highest BCUT2D eigenvalue weighted by Crippen LogP contribution is 2.04. The standard InChI is InChI=1S/C15H17NO3/c1-11(10-19-12(2)17)15(18)14(16)9-8-13-6-4-3-5-7-13/h3-9,11,16H,10H2,1-2H3. The Kier molecular flexibility index (Phi) is 5.67. The quantitative estimate of drug-likeness (QED) is 0.630. The van der Waals surface area contributed by atoms with Crippen molar-refractivity contribution in [2.75, 3.05) is 6.61 Å². The van der Waals surface area contributed by atoms with Gasteiger partial charge in [-0.1, -0.05) is 43.3 Å². The summed E-state index contributed by atoms with van der Waals surface area (Å²) < 4.78 is 4.76. The van der Waals surface area contributed by atoms with Crippen LogP contribution in [-0.4, -0.2) is 24.1 Å². The average Bonchev–Trinajstić information content (AvgIpc) is 2.42. The summed E-state index contributed by atoms with van der Waals surface area (Å²) in [6, 6.07) is 9.44. The zero-order valence-electron chi connectivity index (χ0n) is 11.1. The number of benzene rings is 1. The third kappa shape index (κ3) is 5.29. The first-order chi connectivity index (χ1) is 9.00. The predicted molar refractivity (Wildman–Crippen MR) is 74.0 cm³/mol. The SMILES string of the molecule is CC(=O)OCC(C)C(=O)C(=N)C=Cc1ccccc1. The molecule has 1 unspecified atom stereocenters. The molecule has 100 valence electrons. The lowest BCUT2D eigenvalue weighted by Crippen LogP contribution is -2.24. The molecular weight excluding hydrogens is 242 g/mol. The van der Waals surface area contributed by atoms with Crippen molar-refractivity contribution in [1.82, 2.24) is 0 Å². The summed E-state index contributed by atoms with van der Waals surface area (Å²) in [5, 5.41) is 7.68. The number of Topliss-reactive ketones (excluding diaryl/α,β-unsaturated/α-hetero) is 1. The van der Waals surface area contributed by atoms with Crippen molar-refractivity contribution in [3.63, 3.8) is 0 Å². The molecule has 0 radical (unpaired) electrons. The molecule has 4 nitrogen and oxygen atoms in total. The summed E-state index contributed by atoms with van der Waals surface area (Å²) in [6.45, 7) is 2.93. The molecule has 0 aliphatic carbocycles. The molecular formula is C15H17NO3. The molecule has 1 rings (SSSR count). The van der Waals surface area contributed by atoms with E-state index < -0.39 is 11.9 Å². The van der Waals surface area contributed by atoms with Crippen LogP contribution in [0.25, 0.3) is 6.08 Å². The molecule has 0 aliphatic rings. The predicted octanol–water partition coefficient (Wildman–Crippen LogP) is 2.49. The highest BCUT2D eigenvalue weighted by atomic mass is 16.5. The zero-order chi connectivity index (χ0) is 14.3. The number of carbonyl (C=O) groups is 2.